The number of benzene rings is 1. The molecule has 0 aliphatic carbocycles. The molecule has 0 bridgehead atoms. The lowest BCUT2D eigenvalue weighted by molar-refractivity contribution is 0.0953. The molecular weight excluding hydrogens is 269 g/mol. The van der Waals surface area contributed by atoms with Gasteiger partial charge in [0.15, 0.2) is 0 Å². The van der Waals surface area contributed by atoms with Crippen molar-refractivity contribution in [1.82, 2.24) is 10.3 Å². The van der Waals surface area contributed by atoms with Gasteiger partial charge >= 0.3 is 0 Å². The molecule has 5 heteroatoms. The fourth-order valence-electron chi connectivity index (χ4n) is 2.80. The summed E-state index contributed by atoms with van der Waals surface area (Å²) in [6.45, 7) is 7.02. The third-order valence-electron chi connectivity index (χ3n) is 4.27. The highest BCUT2D eigenvalue weighted by molar-refractivity contribution is 5.93. The normalized spacial score (nSPS) is 19.0. The lowest BCUT2D eigenvalue weighted by Gasteiger charge is -2.23. The number of nitrogen functional groups attached to an aromatic ring is 1. The molecule has 1 saturated heterocycles. The van der Waals surface area contributed by atoms with Gasteiger partial charge in [-0.25, -0.2) is 10.2 Å². The van der Waals surface area contributed by atoms with Crippen molar-refractivity contribution in [2.45, 2.75) is 39.7 Å². The van der Waals surface area contributed by atoms with Crippen molar-refractivity contribution >= 4 is 5.91 Å². The smallest absolute Gasteiger partial charge is 0.265 e. The second-order valence-corrected chi connectivity index (χ2v) is 6.57. The fraction of sp³-hybridized carbons (Fsp3) is 0.562. The average molecular weight is 293 g/mol. The van der Waals surface area contributed by atoms with Crippen molar-refractivity contribution < 1.29 is 9.18 Å². The number of amides is 1. The molecule has 1 aliphatic heterocycles. The molecule has 1 fully saturated rings. The molecule has 3 N–H and O–H groups in total. The third kappa shape index (κ3) is 4.25. The number of halogens is 1. The maximum atomic E-state index is 14.0. The first-order valence-electron chi connectivity index (χ1n) is 7.43. The van der Waals surface area contributed by atoms with Gasteiger partial charge in [-0.15, -0.1) is 0 Å². The number of likely N-dealkylation sites (tertiary alicyclic amines) is 1. The van der Waals surface area contributed by atoms with Crippen molar-refractivity contribution in [3.63, 3.8) is 0 Å². The summed E-state index contributed by atoms with van der Waals surface area (Å²) < 4.78 is 14.0. The Morgan fingerprint density at radius 1 is 1.38 bits per heavy atom. The summed E-state index contributed by atoms with van der Waals surface area (Å²) in [4.78, 5) is 13.8. The summed E-state index contributed by atoms with van der Waals surface area (Å²) in [6.07, 6.45) is 3.43. The van der Waals surface area contributed by atoms with E-state index in [4.69, 9.17) is 5.84 Å². The largest absolute Gasteiger partial charge is 0.299 e. The lowest BCUT2D eigenvalue weighted by Crippen LogP contribution is -2.30. The van der Waals surface area contributed by atoms with E-state index in [1.807, 2.05) is 0 Å². The highest BCUT2D eigenvalue weighted by atomic mass is 19.1. The number of nitrogens with two attached hydrogens (primary N) is 1. The van der Waals surface area contributed by atoms with E-state index in [9.17, 15) is 9.18 Å². The van der Waals surface area contributed by atoms with Crippen molar-refractivity contribution in [3.05, 3.63) is 35.1 Å². The summed E-state index contributed by atoms with van der Waals surface area (Å²) in [5, 5.41) is 0. The quantitative estimate of drug-likeness (QED) is 0.511. The van der Waals surface area contributed by atoms with Crippen molar-refractivity contribution in [2.24, 2.45) is 11.3 Å². The van der Waals surface area contributed by atoms with Crippen LogP contribution in [-0.4, -0.2) is 23.9 Å². The first-order chi connectivity index (χ1) is 9.91. The summed E-state index contributed by atoms with van der Waals surface area (Å²) >= 11 is 0. The van der Waals surface area contributed by atoms with E-state index in [-0.39, 0.29) is 5.82 Å². The van der Waals surface area contributed by atoms with Crippen LogP contribution in [0.1, 0.15) is 49.0 Å². The number of hydrogen-bond acceptors (Lipinski definition) is 3. The Morgan fingerprint density at radius 2 is 2.14 bits per heavy atom. The number of hydrazine groups is 1. The van der Waals surface area contributed by atoms with E-state index in [0.717, 1.165) is 25.9 Å². The Kier molecular flexibility index (Phi) is 4.96. The van der Waals surface area contributed by atoms with Gasteiger partial charge in [-0.2, -0.15) is 0 Å². The zero-order valence-electron chi connectivity index (χ0n) is 12.8. The zero-order chi connectivity index (χ0) is 15.5. The summed E-state index contributed by atoms with van der Waals surface area (Å²) in [5.74, 6) is 4.46. The van der Waals surface area contributed by atoms with E-state index >= 15 is 0 Å². The molecule has 0 aromatic heterocycles. The number of carbonyl (C=O) groups excluding carboxylic acids is 1. The lowest BCUT2D eigenvalue weighted by atomic mass is 9.85. The standard InChI is InChI=1S/C16H24FN3O/c1-16(2)6-3-8-20(9-7-16)11-13-10-12(15(21)19-18)4-5-14(13)17/h4-5,10H,3,6-9,11,18H2,1-2H3,(H,19,21). The Bertz CT molecular complexity index is 516. The fourth-order valence-corrected chi connectivity index (χ4v) is 2.80. The van der Waals surface area contributed by atoms with E-state index in [2.05, 4.69) is 24.2 Å². The second-order valence-electron chi connectivity index (χ2n) is 6.57. The summed E-state index contributed by atoms with van der Waals surface area (Å²) in [6, 6.07) is 4.38. The van der Waals surface area contributed by atoms with Gasteiger partial charge in [0.2, 0.25) is 0 Å². The van der Waals surface area contributed by atoms with Crippen molar-refractivity contribution in [2.75, 3.05) is 13.1 Å². The topological polar surface area (TPSA) is 58.4 Å². The van der Waals surface area contributed by atoms with Gasteiger partial charge in [0, 0.05) is 17.7 Å². The summed E-state index contributed by atoms with van der Waals surface area (Å²) in [7, 11) is 0. The van der Waals surface area contributed by atoms with Crippen LogP contribution in [0.15, 0.2) is 18.2 Å². The van der Waals surface area contributed by atoms with Gasteiger partial charge < -0.3 is 0 Å². The number of nitrogens with zero attached hydrogens (tertiary/aromatic N) is 1. The van der Waals surface area contributed by atoms with Gasteiger partial charge in [-0.05, 0) is 56.0 Å². The molecule has 0 radical (unpaired) electrons. The molecule has 2 rings (SSSR count). The molecule has 1 aromatic carbocycles. The molecule has 116 valence electrons. The first-order valence-corrected chi connectivity index (χ1v) is 7.43. The van der Waals surface area contributed by atoms with E-state index in [1.165, 1.54) is 18.6 Å². The van der Waals surface area contributed by atoms with Gasteiger partial charge in [0.05, 0.1) is 0 Å². The monoisotopic (exact) mass is 293 g/mol. The molecule has 4 nitrogen and oxygen atoms in total. The SMILES string of the molecule is CC1(C)CCCN(Cc2cc(C(=O)NN)ccc2F)CC1. The van der Waals surface area contributed by atoms with Crippen LogP contribution in [0.4, 0.5) is 4.39 Å². The van der Waals surface area contributed by atoms with Crippen LogP contribution in [-0.2, 0) is 6.54 Å². The van der Waals surface area contributed by atoms with Crippen LogP contribution in [0.2, 0.25) is 0 Å². The average Bonchev–Trinajstić information content (AvgIpc) is 2.61. The molecule has 21 heavy (non-hydrogen) atoms. The molecule has 0 saturated carbocycles. The maximum Gasteiger partial charge on any atom is 0.265 e. The van der Waals surface area contributed by atoms with Crippen LogP contribution >= 0.6 is 0 Å². The molecule has 0 unspecified atom stereocenters. The van der Waals surface area contributed by atoms with Gasteiger partial charge in [0.25, 0.3) is 5.91 Å². The maximum absolute atomic E-state index is 14.0. The van der Waals surface area contributed by atoms with Crippen LogP contribution in [0.3, 0.4) is 0 Å². The second kappa shape index (κ2) is 6.54. The van der Waals surface area contributed by atoms with E-state index < -0.39 is 5.91 Å². The predicted molar refractivity (Wildman–Crippen MR) is 81.0 cm³/mol. The predicted octanol–water partition coefficient (Wildman–Crippen LogP) is 2.44. The molecule has 0 atom stereocenters. The Balaban J connectivity index is 2.10. The van der Waals surface area contributed by atoms with Crippen LogP contribution in [0.5, 0.6) is 0 Å². The van der Waals surface area contributed by atoms with Crippen LogP contribution in [0.25, 0.3) is 0 Å². The molecule has 1 amide bonds. The zero-order valence-corrected chi connectivity index (χ0v) is 12.8. The van der Waals surface area contributed by atoms with E-state index in [0.29, 0.717) is 23.1 Å². The highest BCUT2D eigenvalue weighted by Crippen LogP contribution is 2.30. The minimum atomic E-state index is -0.395. The minimum absolute atomic E-state index is 0.271. The van der Waals surface area contributed by atoms with Gasteiger partial charge in [-0.3, -0.25) is 15.1 Å². The number of carbonyl (C=O) groups is 1. The number of rotatable bonds is 3. The molecule has 0 spiro atoms. The molecule has 1 aromatic rings. The van der Waals surface area contributed by atoms with Gasteiger partial charge in [0.1, 0.15) is 5.82 Å². The van der Waals surface area contributed by atoms with Crippen LogP contribution in [0, 0.1) is 11.2 Å². The highest BCUT2D eigenvalue weighted by Gasteiger charge is 2.23. The Hall–Kier alpha value is -1.46. The van der Waals surface area contributed by atoms with E-state index in [1.54, 1.807) is 6.07 Å². The molecule has 1 aliphatic rings. The number of nitrogens with one attached hydrogen (secondary N) is 1. The van der Waals surface area contributed by atoms with Crippen molar-refractivity contribution in [3.8, 4) is 0 Å². The minimum Gasteiger partial charge on any atom is -0.299 e. The van der Waals surface area contributed by atoms with Crippen molar-refractivity contribution in [1.29, 1.82) is 0 Å². The molecule has 1 heterocycles. The third-order valence-corrected chi connectivity index (χ3v) is 4.27. The summed E-state index contributed by atoms with van der Waals surface area (Å²) in [5.41, 5.74) is 3.38. The van der Waals surface area contributed by atoms with Crippen LogP contribution < -0.4 is 11.3 Å². The Labute approximate surface area is 125 Å². The first kappa shape index (κ1) is 15.9. The number of hydrogen-bond donors (Lipinski definition) is 2. The Morgan fingerprint density at radius 3 is 2.86 bits per heavy atom. The van der Waals surface area contributed by atoms with Gasteiger partial charge in [-0.1, -0.05) is 13.8 Å². The molecular formula is C16H24FN3O.